The second-order valence-corrected chi connectivity index (χ2v) is 8.21. The van der Waals surface area contributed by atoms with Crippen LogP contribution in [0.5, 0.6) is 0 Å². The van der Waals surface area contributed by atoms with Crippen molar-refractivity contribution >= 4 is 23.5 Å². The maximum atomic E-state index is 12.5. The molecule has 0 saturated carbocycles. The quantitative estimate of drug-likeness (QED) is 0.830. The number of nitriles is 1. The lowest BCUT2D eigenvalue weighted by Crippen LogP contribution is -2.23. The zero-order valence-corrected chi connectivity index (χ0v) is 16.1. The van der Waals surface area contributed by atoms with E-state index in [4.69, 9.17) is 4.98 Å². The topological polar surface area (TPSA) is 78.7 Å². The van der Waals surface area contributed by atoms with E-state index in [0.29, 0.717) is 22.3 Å². The van der Waals surface area contributed by atoms with E-state index >= 15 is 0 Å². The molecule has 2 unspecified atom stereocenters. The van der Waals surface area contributed by atoms with Crippen molar-refractivity contribution in [3.63, 3.8) is 0 Å². The van der Waals surface area contributed by atoms with Crippen molar-refractivity contribution in [1.29, 1.82) is 5.26 Å². The minimum atomic E-state index is -0.377. The first-order valence-corrected chi connectivity index (χ1v) is 9.67. The summed E-state index contributed by atoms with van der Waals surface area (Å²) in [4.78, 5) is 21.4. The Balaban J connectivity index is 1.74. The Hall–Kier alpha value is -2.39. The molecule has 1 N–H and O–H groups in total. The molecule has 1 aliphatic rings. The maximum absolute atomic E-state index is 12.5. The van der Waals surface area contributed by atoms with Gasteiger partial charge in [-0.15, -0.1) is 0 Å². The monoisotopic (exact) mass is 366 g/mol. The van der Waals surface area contributed by atoms with E-state index in [2.05, 4.69) is 23.3 Å². The number of carbonyl (C=O) groups excluding carboxylic acids is 1. The number of aryl methyl sites for hydroxylation is 2. The van der Waals surface area contributed by atoms with Gasteiger partial charge in [0.25, 0.3) is 0 Å². The predicted molar refractivity (Wildman–Crippen MR) is 103 cm³/mol. The Morgan fingerprint density at radius 3 is 2.96 bits per heavy atom. The van der Waals surface area contributed by atoms with Gasteiger partial charge in [0, 0.05) is 11.9 Å². The standard InChI is InChI=1S/C20H22N4OS/c1-12-4-6-17-15(8-12)9-16(10-21)20(23-17)26-14(3)19(25)24-18-7-5-13(2)11-22-18/h5,7,9,11-12,14H,4,6,8H2,1-3H3,(H,22,24,25). The van der Waals surface area contributed by atoms with E-state index in [-0.39, 0.29) is 11.2 Å². The van der Waals surface area contributed by atoms with Crippen molar-refractivity contribution in [2.24, 2.45) is 5.92 Å². The second-order valence-electron chi connectivity index (χ2n) is 6.88. The number of nitrogens with one attached hydrogen (secondary N) is 1. The third kappa shape index (κ3) is 4.23. The Morgan fingerprint density at radius 1 is 1.46 bits per heavy atom. The van der Waals surface area contributed by atoms with Crippen LogP contribution in [-0.4, -0.2) is 21.1 Å². The Kier molecular flexibility index (Phi) is 5.58. The van der Waals surface area contributed by atoms with Crippen LogP contribution in [0, 0.1) is 24.2 Å². The summed E-state index contributed by atoms with van der Waals surface area (Å²) < 4.78 is 0. The van der Waals surface area contributed by atoms with Crippen LogP contribution in [0.4, 0.5) is 5.82 Å². The Bertz CT molecular complexity index is 857. The van der Waals surface area contributed by atoms with E-state index in [1.807, 2.05) is 26.0 Å². The van der Waals surface area contributed by atoms with Gasteiger partial charge in [0.2, 0.25) is 5.91 Å². The molecule has 0 spiro atoms. The van der Waals surface area contributed by atoms with Crippen molar-refractivity contribution in [2.75, 3.05) is 5.32 Å². The zero-order chi connectivity index (χ0) is 18.7. The number of pyridine rings is 2. The van der Waals surface area contributed by atoms with Crippen molar-refractivity contribution in [3.05, 3.63) is 46.8 Å². The summed E-state index contributed by atoms with van der Waals surface area (Å²) in [6.45, 7) is 5.99. The lowest BCUT2D eigenvalue weighted by Gasteiger charge is -2.22. The number of hydrogen-bond donors (Lipinski definition) is 1. The minimum Gasteiger partial charge on any atom is -0.310 e. The van der Waals surface area contributed by atoms with Gasteiger partial charge in [-0.2, -0.15) is 5.26 Å². The number of hydrogen-bond acceptors (Lipinski definition) is 5. The molecular weight excluding hydrogens is 344 g/mol. The molecule has 2 atom stereocenters. The Morgan fingerprint density at radius 2 is 2.27 bits per heavy atom. The molecule has 0 aliphatic heterocycles. The summed E-state index contributed by atoms with van der Waals surface area (Å²) in [6, 6.07) is 7.87. The smallest absolute Gasteiger partial charge is 0.238 e. The summed E-state index contributed by atoms with van der Waals surface area (Å²) in [5.74, 6) is 1.00. The average molecular weight is 366 g/mol. The van der Waals surface area contributed by atoms with Gasteiger partial charge in [0.1, 0.15) is 16.9 Å². The first-order valence-electron chi connectivity index (χ1n) is 8.79. The third-order valence-electron chi connectivity index (χ3n) is 4.54. The molecule has 2 heterocycles. The first kappa shape index (κ1) is 18.4. The molecular formula is C20H22N4OS. The highest BCUT2D eigenvalue weighted by molar-refractivity contribution is 8.00. The summed E-state index contributed by atoms with van der Waals surface area (Å²) >= 11 is 1.33. The molecule has 0 fully saturated rings. The summed E-state index contributed by atoms with van der Waals surface area (Å²) in [5, 5.41) is 12.6. The van der Waals surface area contributed by atoms with Gasteiger partial charge < -0.3 is 5.32 Å². The third-order valence-corrected chi connectivity index (χ3v) is 5.64. The molecule has 5 nitrogen and oxygen atoms in total. The fourth-order valence-electron chi connectivity index (χ4n) is 2.99. The fourth-order valence-corrected chi connectivity index (χ4v) is 3.88. The predicted octanol–water partition coefficient (Wildman–Crippen LogP) is 3.90. The van der Waals surface area contributed by atoms with Gasteiger partial charge in [-0.25, -0.2) is 9.97 Å². The number of carbonyl (C=O) groups is 1. The van der Waals surface area contributed by atoms with Crippen LogP contribution in [0.3, 0.4) is 0 Å². The molecule has 0 bridgehead atoms. The van der Waals surface area contributed by atoms with Crippen LogP contribution < -0.4 is 5.32 Å². The van der Waals surface area contributed by atoms with E-state index < -0.39 is 0 Å². The lowest BCUT2D eigenvalue weighted by atomic mass is 9.87. The number of amides is 1. The van der Waals surface area contributed by atoms with Crippen LogP contribution in [-0.2, 0) is 17.6 Å². The number of anilines is 1. The van der Waals surface area contributed by atoms with E-state index in [1.54, 1.807) is 12.3 Å². The van der Waals surface area contributed by atoms with Crippen LogP contribution in [0.1, 0.15) is 42.7 Å². The van der Waals surface area contributed by atoms with Gasteiger partial charge in [0.15, 0.2) is 0 Å². The Labute approximate surface area is 158 Å². The average Bonchev–Trinajstić information content (AvgIpc) is 2.63. The van der Waals surface area contributed by atoms with E-state index in [1.165, 1.54) is 17.3 Å². The van der Waals surface area contributed by atoms with Gasteiger partial charge in [-0.3, -0.25) is 4.79 Å². The summed E-state index contributed by atoms with van der Waals surface area (Å²) in [6.07, 6.45) is 4.74. The van der Waals surface area contributed by atoms with Gasteiger partial charge in [-0.1, -0.05) is 24.8 Å². The lowest BCUT2D eigenvalue weighted by molar-refractivity contribution is -0.115. The number of nitrogens with zero attached hydrogens (tertiary/aromatic N) is 3. The van der Waals surface area contributed by atoms with E-state index in [0.717, 1.165) is 30.5 Å². The molecule has 1 amide bonds. The van der Waals surface area contributed by atoms with Crippen molar-refractivity contribution in [3.8, 4) is 6.07 Å². The van der Waals surface area contributed by atoms with Crippen molar-refractivity contribution < 1.29 is 4.79 Å². The molecule has 2 aromatic heterocycles. The van der Waals surface area contributed by atoms with Gasteiger partial charge in [-0.05, 0) is 62.3 Å². The maximum Gasteiger partial charge on any atom is 0.238 e. The molecule has 0 radical (unpaired) electrons. The van der Waals surface area contributed by atoms with Gasteiger partial charge in [0.05, 0.1) is 10.8 Å². The van der Waals surface area contributed by atoms with Crippen LogP contribution in [0.2, 0.25) is 0 Å². The number of aromatic nitrogens is 2. The largest absolute Gasteiger partial charge is 0.310 e. The molecule has 0 saturated heterocycles. The highest BCUT2D eigenvalue weighted by Gasteiger charge is 2.22. The SMILES string of the molecule is Cc1ccc(NC(=O)C(C)Sc2nc3c(cc2C#N)CC(C)CC3)nc1. The molecule has 26 heavy (non-hydrogen) atoms. The number of rotatable bonds is 4. The zero-order valence-electron chi connectivity index (χ0n) is 15.2. The molecule has 134 valence electrons. The molecule has 2 aromatic rings. The normalized spacial score (nSPS) is 17.1. The molecule has 3 rings (SSSR count). The van der Waals surface area contributed by atoms with Crippen LogP contribution >= 0.6 is 11.8 Å². The highest BCUT2D eigenvalue weighted by atomic mass is 32.2. The first-order chi connectivity index (χ1) is 12.5. The van der Waals surface area contributed by atoms with Crippen LogP contribution in [0.25, 0.3) is 0 Å². The van der Waals surface area contributed by atoms with Gasteiger partial charge >= 0.3 is 0 Å². The van der Waals surface area contributed by atoms with Crippen molar-refractivity contribution in [1.82, 2.24) is 9.97 Å². The molecule has 0 aromatic carbocycles. The fraction of sp³-hybridized carbons (Fsp3) is 0.400. The number of thioether (sulfide) groups is 1. The second kappa shape index (κ2) is 7.88. The summed E-state index contributed by atoms with van der Waals surface area (Å²) in [5.41, 5.74) is 3.83. The molecule has 1 aliphatic carbocycles. The molecule has 6 heteroatoms. The summed E-state index contributed by atoms with van der Waals surface area (Å²) in [7, 11) is 0. The number of fused-ring (bicyclic) bond motifs is 1. The van der Waals surface area contributed by atoms with E-state index in [9.17, 15) is 10.1 Å². The highest BCUT2D eigenvalue weighted by Crippen LogP contribution is 2.31. The van der Waals surface area contributed by atoms with Crippen LogP contribution in [0.15, 0.2) is 29.4 Å². The van der Waals surface area contributed by atoms with Crippen molar-refractivity contribution in [2.45, 2.75) is 50.3 Å². The minimum absolute atomic E-state index is 0.150.